The summed E-state index contributed by atoms with van der Waals surface area (Å²) in [5, 5.41) is 1.95. The van der Waals surface area contributed by atoms with Crippen LogP contribution in [0.1, 0.15) is 12.1 Å². The molecule has 0 radical (unpaired) electrons. The van der Waals surface area contributed by atoms with Crippen molar-refractivity contribution in [2.45, 2.75) is 12.6 Å². The van der Waals surface area contributed by atoms with Crippen LogP contribution in [0, 0.1) is 0 Å². The van der Waals surface area contributed by atoms with Crippen LogP contribution in [0.25, 0.3) is 16.3 Å². The number of halogens is 2. The first-order valence-corrected chi connectivity index (χ1v) is 5.80. The Balaban J connectivity index is 2.18. The molecule has 1 aliphatic carbocycles. The molecule has 0 saturated carbocycles. The van der Waals surface area contributed by atoms with E-state index in [0.29, 0.717) is 11.3 Å². The lowest BCUT2D eigenvalue weighted by atomic mass is 9.96. The van der Waals surface area contributed by atoms with E-state index in [9.17, 15) is 8.78 Å². The van der Waals surface area contributed by atoms with Crippen LogP contribution in [0.4, 0.5) is 8.78 Å². The highest BCUT2D eigenvalue weighted by atomic mass is 19.1. The van der Waals surface area contributed by atoms with Gasteiger partial charge in [-0.1, -0.05) is 24.3 Å². The number of rotatable bonds is 1. The Morgan fingerprint density at radius 3 is 2.83 bits per heavy atom. The largest absolute Gasteiger partial charge is 0.256 e. The van der Waals surface area contributed by atoms with Gasteiger partial charge < -0.3 is 0 Å². The van der Waals surface area contributed by atoms with Crippen LogP contribution in [-0.4, -0.2) is 11.2 Å². The van der Waals surface area contributed by atoms with Gasteiger partial charge in [0.1, 0.15) is 12.0 Å². The fraction of sp³-hybridized carbons (Fsp3) is 0.133. The summed E-state index contributed by atoms with van der Waals surface area (Å²) in [4.78, 5) is 4.27. The number of nitrogens with zero attached hydrogens (tertiary/aromatic N) is 1. The molecule has 0 aliphatic heterocycles. The number of fused-ring (bicyclic) bond motifs is 1. The molecule has 2 aromatic rings. The standard InChI is InChI=1S/C15H11F2N/c16-12-7-11(8-13(17)9-12)15-14-4-2-1-3-10(14)5-6-18-15/h1-7,9,13H,8H2. The highest BCUT2D eigenvalue weighted by Crippen LogP contribution is 2.31. The molecule has 1 nitrogen and oxygen atoms in total. The Hall–Kier alpha value is -2.03. The van der Waals surface area contributed by atoms with Gasteiger partial charge in [-0.25, -0.2) is 8.78 Å². The maximum atomic E-state index is 13.4. The van der Waals surface area contributed by atoms with Crippen LogP contribution in [0.3, 0.4) is 0 Å². The van der Waals surface area contributed by atoms with Crippen LogP contribution in [0.2, 0.25) is 0 Å². The minimum atomic E-state index is -1.27. The van der Waals surface area contributed by atoms with Crippen molar-refractivity contribution in [2.75, 3.05) is 0 Å². The zero-order chi connectivity index (χ0) is 12.5. The van der Waals surface area contributed by atoms with Gasteiger partial charge in [-0.3, -0.25) is 4.98 Å². The average Bonchev–Trinajstić information content (AvgIpc) is 2.37. The lowest BCUT2D eigenvalue weighted by Gasteiger charge is -2.14. The van der Waals surface area contributed by atoms with Crippen LogP contribution >= 0.6 is 0 Å². The molecular weight excluding hydrogens is 232 g/mol. The van der Waals surface area contributed by atoms with Crippen molar-refractivity contribution in [1.29, 1.82) is 0 Å². The van der Waals surface area contributed by atoms with E-state index in [-0.39, 0.29) is 6.42 Å². The average molecular weight is 243 g/mol. The molecule has 1 aromatic heterocycles. The summed E-state index contributed by atoms with van der Waals surface area (Å²) in [6.07, 6.45) is 2.93. The predicted molar refractivity (Wildman–Crippen MR) is 68.4 cm³/mol. The van der Waals surface area contributed by atoms with Gasteiger partial charge in [-0.05, 0) is 29.2 Å². The Labute approximate surface area is 103 Å². The summed E-state index contributed by atoms with van der Waals surface area (Å²) in [6.45, 7) is 0. The molecule has 0 N–H and O–H groups in total. The third-order valence-electron chi connectivity index (χ3n) is 3.04. The number of alkyl halides is 1. The van der Waals surface area contributed by atoms with E-state index in [1.165, 1.54) is 6.08 Å². The number of allylic oxidation sites excluding steroid dienone is 4. The van der Waals surface area contributed by atoms with Crippen molar-refractivity contribution in [1.82, 2.24) is 4.98 Å². The van der Waals surface area contributed by atoms with Gasteiger partial charge in [0.15, 0.2) is 0 Å². The number of pyridine rings is 1. The lowest BCUT2D eigenvalue weighted by Crippen LogP contribution is -2.04. The van der Waals surface area contributed by atoms with Crippen molar-refractivity contribution >= 4 is 16.3 Å². The van der Waals surface area contributed by atoms with Gasteiger partial charge in [0.2, 0.25) is 0 Å². The van der Waals surface area contributed by atoms with E-state index in [4.69, 9.17) is 0 Å². The van der Waals surface area contributed by atoms with Gasteiger partial charge in [0, 0.05) is 18.0 Å². The smallest absolute Gasteiger partial charge is 0.125 e. The summed E-state index contributed by atoms with van der Waals surface area (Å²) in [7, 11) is 0. The molecule has 18 heavy (non-hydrogen) atoms. The molecule has 0 spiro atoms. The van der Waals surface area contributed by atoms with Crippen LogP contribution in [-0.2, 0) is 0 Å². The number of aromatic nitrogens is 1. The molecule has 1 aromatic carbocycles. The molecule has 1 unspecified atom stereocenters. The van der Waals surface area contributed by atoms with E-state index in [1.807, 2.05) is 30.3 Å². The molecule has 1 heterocycles. The second-order valence-electron chi connectivity index (χ2n) is 4.32. The molecule has 0 saturated heterocycles. The molecule has 0 amide bonds. The molecule has 1 aliphatic rings. The fourth-order valence-corrected chi connectivity index (χ4v) is 2.26. The summed E-state index contributed by atoms with van der Waals surface area (Å²) >= 11 is 0. The fourth-order valence-electron chi connectivity index (χ4n) is 2.26. The van der Waals surface area contributed by atoms with E-state index in [0.717, 1.165) is 16.8 Å². The Kier molecular flexibility index (Phi) is 2.67. The quantitative estimate of drug-likeness (QED) is 0.731. The summed E-state index contributed by atoms with van der Waals surface area (Å²) < 4.78 is 26.7. The molecule has 1 atom stereocenters. The number of hydrogen-bond acceptors (Lipinski definition) is 1. The van der Waals surface area contributed by atoms with Crippen molar-refractivity contribution in [3.8, 4) is 0 Å². The highest BCUT2D eigenvalue weighted by Gasteiger charge is 2.18. The Morgan fingerprint density at radius 1 is 1.17 bits per heavy atom. The second-order valence-corrected chi connectivity index (χ2v) is 4.32. The van der Waals surface area contributed by atoms with E-state index in [1.54, 1.807) is 6.20 Å². The molecule has 3 heteroatoms. The summed E-state index contributed by atoms with van der Waals surface area (Å²) in [6, 6.07) is 9.60. The van der Waals surface area contributed by atoms with Crippen LogP contribution in [0.15, 0.2) is 54.5 Å². The summed E-state index contributed by atoms with van der Waals surface area (Å²) in [5.41, 5.74) is 1.28. The van der Waals surface area contributed by atoms with Crippen molar-refractivity contribution in [3.05, 3.63) is 60.2 Å². The third kappa shape index (κ3) is 1.92. The molecule has 0 bridgehead atoms. The maximum Gasteiger partial charge on any atom is 0.125 e. The van der Waals surface area contributed by atoms with Crippen molar-refractivity contribution < 1.29 is 8.78 Å². The van der Waals surface area contributed by atoms with Gasteiger partial charge >= 0.3 is 0 Å². The third-order valence-corrected chi connectivity index (χ3v) is 3.04. The van der Waals surface area contributed by atoms with Crippen molar-refractivity contribution in [2.24, 2.45) is 0 Å². The molecular formula is C15H11F2N. The zero-order valence-electron chi connectivity index (χ0n) is 9.61. The van der Waals surface area contributed by atoms with Crippen molar-refractivity contribution in [3.63, 3.8) is 0 Å². The molecule has 0 fully saturated rings. The number of benzene rings is 1. The zero-order valence-corrected chi connectivity index (χ0v) is 9.61. The first-order chi connectivity index (χ1) is 8.74. The van der Waals surface area contributed by atoms with E-state index >= 15 is 0 Å². The Morgan fingerprint density at radius 2 is 2.00 bits per heavy atom. The predicted octanol–water partition coefficient (Wildman–Crippen LogP) is 4.21. The Bertz CT molecular complexity index is 653. The first-order valence-electron chi connectivity index (χ1n) is 5.80. The van der Waals surface area contributed by atoms with Gasteiger partial charge in [-0.2, -0.15) is 0 Å². The second kappa shape index (κ2) is 4.33. The van der Waals surface area contributed by atoms with E-state index in [2.05, 4.69) is 4.98 Å². The minimum Gasteiger partial charge on any atom is -0.256 e. The minimum absolute atomic E-state index is 0.175. The highest BCUT2D eigenvalue weighted by molar-refractivity contribution is 5.92. The maximum absolute atomic E-state index is 13.4. The topological polar surface area (TPSA) is 12.9 Å². The monoisotopic (exact) mass is 243 g/mol. The molecule has 3 rings (SSSR count). The number of hydrogen-bond donors (Lipinski definition) is 0. The van der Waals surface area contributed by atoms with Gasteiger partial charge in [0.25, 0.3) is 0 Å². The normalized spacial score (nSPS) is 19.6. The van der Waals surface area contributed by atoms with E-state index < -0.39 is 12.0 Å². The van der Waals surface area contributed by atoms with Crippen LogP contribution in [0.5, 0.6) is 0 Å². The van der Waals surface area contributed by atoms with Gasteiger partial charge in [-0.15, -0.1) is 0 Å². The van der Waals surface area contributed by atoms with Crippen LogP contribution < -0.4 is 0 Å². The summed E-state index contributed by atoms with van der Waals surface area (Å²) in [5.74, 6) is -0.529. The van der Waals surface area contributed by atoms with Gasteiger partial charge in [0.05, 0.1) is 5.69 Å². The first kappa shape index (κ1) is 11.1. The SMILES string of the molecule is FC1=CC(F)CC(c2nccc3ccccc23)=C1. The lowest BCUT2D eigenvalue weighted by molar-refractivity contribution is 0.397. The molecule has 90 valence electrons.